The van der Waals surface area contributed by atoms with E-state index in [1.54, 1.807) is 11.1 Å². The largest absolute Gasteiger partial charge is 0.268 e. The quantitative estimate of drug-likeness (QED) is 0.510. The summed E-state index contributed by atoms with van der Waals surface area (Å²) in [7, 11) is 0. The van der Waals surface area contributed by atoms with Gasteiger partial charge in [-0.3, -0.25) is 14.4 Å². The van der Waals surface area contributed by atoms with Crippen molar-refractivity contribution in [1.82, 2.24) is 14.8 Å². The summed E-state index contributed by atoms with van der Waals surface area (Å²) in [6.07, 6.45) is 3.67. The highest BCUT2D eigenvalue weighted by Gasteiger charge is 2.22. The van der Waals surface area contributed by atoms with Gasteiger partial charge in [0.25, 0.3) is 5.91 Å². The summed E-state index contributed by atoms with van der Waals surface area (Å²) < 4.78 is 1.85. The number of carbonyl (C=O) groups is 1. The first-order valence-corrected chi connectivity index (χ1v) is 9.47. The molecule has 5 nitrogen and oxygen atoms in total. The van der Waals surface area contributed by atoms with Crippen LogP contribution in [0, 0.1) is 6.92 Å². The molecule has 0 spiro atoms. The molecule has 0 N–H and O–H groups in total. The Morgan fingerprint density at radius 3 is 2.48 bits per heavy atom. The van der Waals surface area contributed by atoms with Gasteiger partial charge in [-0.15, -0.1) is 11.3 Å². The molecule has 2 aromatic heterocycles. The standard InChI is InChI=1S/C21H18N4OS/c1-16-15-27-21(23-16)25(19-6-3-2-4-7-19)20(26)18-10-8-17(9-11-18)14-24-13-5-12-22-24/h2-13,15H,14H2,1H3. The van der Waals surface area contributed by atoms with Crippen LogP contribution in [-0.4, -0.2) is 20.7 Å². The molecule has 0 saturated carbocycles. The molecule has 4 aromatic rings. The predicted molar refractivity (Wildman–Crippen MR) is 108 cm³/mol. The molecule has 2 aromatic carbocycles. The Morgan fingerprint density at radius 1 is 1.07 bits per heavy atom. The van der Waals surface area contributed by atoms with E-state index < -0.39 is 0 Å². The van der Waals surface area contributed by atoms with Crippen LogP contribution in [0.25, 0.3) is 0 Å². The average molecular weight is 374 g/mol. The molecule has 134 valence electrons. The maximum Gasteiger partial charge on any atom is 0.264 e. The minimum absolute atomic E-state index is 0.0961. The summed E-state index contributed by atoms with van der Waals surface area (Å²) in [4.78, 5) is 19.4. The number of rotatable bonds is 5. The minimum Gasteiger partial charge on any atom is -0.268 e. The zero-order valence-corrected chi connectivity index (χ0v) is 15.6. The molecule has 1 amide bonds. The van der Waals surface area contributed by atoms with Crippen molar-refractivity contribution < 1.29 is 4.79 Å². The lowest BCUT2D eigenvalue weighted by Gasteiger charge is -2.20. The topological polar surface area (TPSA) is 51.0 Å². The molecule has 0 unspecified atom stereocenters. The lowest BCUT2D eigenvalue weighted by atomic mass is 10.1. The highest BCUT2D eigenvalue weighted by molar-refractivity contribution is 7.14. The fourth-order valence-electron chi connectivity index (χ4n) is 2.80. The van der Waals surface area contributed by atoms with Crippen molar-refractivity contribution in [3.8, 4) is 0 Å². The Bertz CT molecular complexity index is 1020. The third kappa shape index (κ3) is 3.80. The first kappa shape index (κ1) is 17.2. The molecule has 6 heteroatoms. The molecule has 0 aliphatic carbocycles. The van der Waals surface area contributed by atoms with Gasteiger partial charge in [0, 0.05) is 23.3 Å². The Labute approximate surface area is 161 Å². The van der Waals surface area contributed by atoms with Gasteiger partial charge in [-0.1, -0.05) is 30.3 Å². The highest BCUT2D eigenvalue weighted by Crippen LogP contribution is 2.30. The molecule has 0 saturated heterocycles. The van der Waals surface area contributed by atoms with Gasteiger partial charge in [0.15, 0.2) is 5.13 Å². The van der Waals surface area contributed by atoms with Crippen molar-refractivity contribution in [1.29, 1.82) is 0 Å². The summed E-state index contributed by atoms with van der Waals surface area (Å²) in [6.45, 7) is 2.60. The number of amides is 1. The van der Waals surface area contributed by atoms with Gasteiger partial charge in [-0.2, -0.15) is 5.10 Å². The molecule has 0 fully saturated rings. The molecule has 0 atom stereocenters. The van der Waals surface area contributed by atoms with Crippen molar-refractivity contribution in [2.24, 2.45) is 0 Å². The Kier molecular flexibility index (Phi) is 4.80. The number of carbonyl (C=O) groups excluding carboxylic acids is 1. The van der Waals surface area contributed by atoms with E-state index >= 15 is 0 Å². The zero-order chi connectivity index (χ0) is 18.6. The molecular formula is C21H18N4OS. The summed E-state index contributed by atoms with van der Waals surface area (Å²) in [6, 6.07) is 19.1. The number of thiazole rings is 1. The molecule has 2 heterocycles. The summed E-state index contributed by atoms with van der Waals surface area (Å²) in [5.74, 6) is -0.0961. The maximum absolute atomic E-state index is 13.3. The van der Waals surface area contributed by atoms with E-state index in [-0.39, 0.29) is 5.91 Å². The van der Waals surface area contributed by atoms with Crippen LogP contribution in [0.3, 0.4) is 0 Å². The second-order valence-electron chi connectivity index (χ2n) is 6.15. The van der Waals surface area contributed by atoms with E-state index in [0.717, 1.165) is 16.9 Å². The van der Waals surface area contributed by atoms with Crippen LogP contribution in [0.4, 0.5) is 10.8 Å². The Morgan fingerprint density at radius 2 is 1.85 bits per heavy atom. The predicted octanol–water partition coefficient (Wildman–Crippen LogP) is 4.67. The summed E-state index contributed by atoms with van der Waals surface area (Å²) in [5.41, 5.74) is 3.42. The van der Waals surface area contributed by atoms with Crippen molar-refractivity contribution >= 4 is 28.1 Å². The van der Waals surface area contributed by atoms with E-state index in [0.29, 0.717) is 17.2 Å². The first-order valence-electron chi connectivity index (χ1n) is 8.59. The molecule has 0 bridgehead atoms. The SMILES string of the molecule is Cc1csc(N(C(=O)c2ccc(Cn3cccn3)cc2)c2ccccc2)n1. The number of hydrogen-bond donors (Lipinski definition) is 0. The van der Waals surface area contributed by atoms with Gasteiger partial charge < -0.3 is 0 Å². The van der Waals surface area contributed by atoms with Gasteiger partial charge in [0.2, 0.25) is 0 Å². The number of para-hydroxylation sites is 1. The van der Waals surface area contributed by atoms with Gasteiger partial charge in [-0.25, -0.2) is 4.98 Å². The second kappa shape index (κ2) is 7.55. The number of anilines is 2. The smallest absolute Gasteiger partial charge is 0.264 e. The van der Waals surface area contributed by atoms with Crippen LogP contribution >= 0.6 is 11.3 Å². The molecule has 0 radical (unpaired) electrons. The van der Waals surface area contributed by atoms with E-state index in [4.69, 9.17) is 0 Å². The lowest BCUT2D eigenvalue weighted by molar-refractivity contribution is 0.0999. The summed E-state index contributed by atoms with van der Waals surface area (Å²) >= 11 is 1.46. The van der Waals surface area contributed by atoms with Crippen LogP contribution in [-0.2, 0) is 6.54 Å². The second-order valence-corrected chi connectivity index (χ2v) is 6.98. The number of hydrogen-bond acceptors (Lipinski definition) is 4. The van der Waals surface area contributed by atoms with E-state index in [1.165, 1.54) is 11.3 Å². The Balaban J connectivity index is 1.63. The van der Waals surface area contributed by atoms with Gasteiger partial charge in [0.1, 0.15) is 0 Å². The minimum atomic E-state index is -0.0961. The van der Waals surface area contributed by atoms with Crippen molar-refractivity contribution in [2.45, 2.75) is 13.5 Å². The number of nitrogens with zero attached hydrogens (tertiary/aromatic N) is 4. The number of benzene rings is 2. The van der Waals surface area contributed by atoms with Crippen LogP contribution in [0.5, 0.6) is 0 Å². The molecule has 27 heavy (non-hydrogen) atoms. The zero-order valence-electron chi connectivity index (χ0n) is 14.8. The number of aromatic nitrogens is 3. The molecule has 0 aliphatic heterocycles. The van der Waals surface area contributed by atoms with E-state index in [2.05, 4.69) is 10.1 Å². The van der Waals surface area contributed by atoms with E-state index in [1.807, 2.05) is 83.8 Å². The van der Waals surface area contributed by atoms with Crippen LogP contribution in [0.1, 0.15) is 21.6 Å². The normalized spacial score (nSPS) is 10.7. The van der Waals surface area contributed by atoms with Gasteiger partial charge >= 0.3 is 0 Å². The fraction of sp³-hybridized carbons (Fsp3) is 0.0952. The highest BCUT2D eigenvalue weighted by atomic mass is 32.1. The number of aryl methyl sites for hydroxylation is 1. The van der Waals surface area contributed by atoms with Gasteiger partial charge in [0.05, 0.1) is 17.9 Å². The third-order valence-corrected chi connectivity index (χ3v) is 5.06. The molecule has 4 rings (SSSR count). The van der Waals surface area contributed by atoms with Crippen molar-refractivity contribution in [2.75, 3.05) is 4.90 Å². The lowest BCUT2D eigenvalue weighted by Crippen LogP contribution is -2.25. The van der Waals surface area contributed by atoms with Crippen molar-refractivity contribution in [3.63, 3.8) is 0 Å². The van der Waals surface area contributed by atoms with Crippen LogP contribution < -0.4 is 4.90 Å². The van der Waals surface area contributed by atoms with E-state index in [9.17, 15) is 4.79 Å². The fourth-order valence-corrected chi connectivity index (χ4v) is 3.62. The monoisotopic (exact) mass is 374 g/mol. The van der Waals surface area contributed by atoms with Gasteiger partial charge in [-0.05, 0) is 42.8 Å². The molecular weight excluding hydrogens is 356 g/mol. The average Bonchev–Trinajstić information content (AvgIpc) is 3.35. The first-order chi connectivity index (χ1) is 13.2. The third-order valence-electron chi connectivity index (χ3n) is 4.12. The van der Waals surface area contributed by atoms with Crippen LogP contribution in [0.2, 0.25) is 0 Å². The summed E-state index contributed by atoms with van der Waals surface area (Å²) in [5, 5.41) is 6.83. The Hall–Kier alpha value is -3.25. The van der Waals surface area contributed by atoms with Crippen LogP contribution in [0.15, 0.2) is 78.4 Å². The maximum atomic E-state index is 13.3. The molecule has 0 aliphatic rings. The van der Waals surface area contributed by atoms with Crippen molar-refractivity contribution in [3.05, 3.63) is 95.3 Å².